The van der Waals surface area contributed by atoms with E-state index in [-0.39, 0.29) is 5.41 Å². The highest BCUT2D eigenvalue weighted by molar-refractivity contribution is 6.04. The van der Waals surface area contributed by atoms with Crippen molar-refractivity contribution in [1.82, 2.24) is 15.0 Å². The van der Waals surface area contributed by atoms with Crippen LogP contribution in [0.3, 0.4) is 0 Å². The number of hydrogen-bond acceptors (Lipinski definition) is 3. The third-order valence-electron chi connectivity index (χ3n) is 12.2. The number of nitrogens with zero attached hydrogens (tertiary/aromatic N) is 3. The maximum atomic E-state index is 5.22. The summed E-state index contributed by atoms with van der Waals surface area (Å²) in [5.74, 6) is 1.99. The van der Waals surface area contributed by atoms with E-state index in [0.717, 1.165) is 16.7 Å². The third kappa shape index (κ3) is 4.61. The van der Waals surface area contributed by atoms with Gasteiger partial charge >= 0.3 is 0 Å². The Hall–Kier alpha value is -6.97. The Morgan fingerprint density at radius 3 is 1.66 bits per heavy atom. The summed E-state index contributed by atoms with van der Waals surface area (Å²) in [5.41, 5.74) is 14.9. The van der Waals surface area contributed by atoms with Gasteiger partial charge in [0.1, 0.15) is 0 Å². The zero-order valence-electron chi connectivity index (χ0n) is 31.2. The van der Waals surface area contributed by atoms with E-state index in [0.29, 0.717) is 17.5 Å². The first-order chi connectivity index (χ1) is 27.5. The molecule has 0 fully saturated rings. The van der Waals surface area contributed by atoms with Crippen LogP contribution in [0.15, 0.2) is 188 Å². The molecule has 0 bridgehead atoms. The van der Waals surface area contributed by atoms with Crippen LogP contribution in [0.25, 0.3) is 67.2 Å². The van der Waals surface area contributed by atoms with E-state index in [1.54, 1.807) is 0 Å². The molecule has 2 aliphatic rings. The van der Waals surface area contributed by atoms with Crippen molar-refractivity contribution in [2.45, 2.75) is 24.7 Å². The summed E-state index contributed by atoms with van der Waals surface area (Å²) in [6.07, 6.45) is 0. The first kappa shape index (κ1) is 32.5. The van der Waals surface area contributed by atoms with E-state index in [2.05, 4.69) is 166 Å². The monoisotopic (exact) mass is 715 g/mol. The second-order valence-corrected chi connectivity index (χ2v) is 15.5. The van der Waals surface area contributed by atoms with E-state index in [1.165, 1.54) is 66.4 Å². The SMILES string of the molecule is CC1(C)c2ccc(C3(c4ccccc4)c4ccccc4-c4c3ccc3ccccc43)cc2-c2c(-c3nc(-c4ccccc4)nc(-c4ccccc4)n3)cccc21. The lowest BCUT2D eigenvalue weighted by Gasteiger charge is -2.34. The molecule has 0 N–H and O–H groups in total. The van der Waals surface area contributed by atoms with Gasteiger partial charge in [-0.25, -0.2) is 15.0 Å². The number of fused-ring (bicyclic) bond motifs is 8. The lowest BCUT2D eigenvalue weighted by molar-refractivity contribution is 0.659. The van der Waals surface area contributed by atoms with Gasteiger partial charge < -0.3 is 0 Å². The van der Waals surface area contributed by atoms with Gasteiger partial charge in [-0.1, -0.05) is 196 Å². The Balaban J connectivity index is 1.20. The van der Waals surface area contributed by atoms with Gasteiger partial charge in [0.15, 0.2) is 17.5 Å². The summed E-state index contributed by atoms with van der Waals surface area (Å²) >= 11 is 0. The van der Waals surface area contributed by atoms with Gasteiger partial charge in [-0.15, -0.1) is 0 Å². The fourth-order valence-corrected chi connectivity index (χ4v) is 9.68. The Morgan fingerprint density at radius 2 is 0.929 bits per heavy atom. The molecule has 3 nitrogen and oxygen atoms in total. The highest BCUT2D eigenvalue weighted by Gasteiger charge is 2.48. The molecule has 9 aromatic rings. The van der Waals surface area contributed by atoms with Crippen molar-refractivity contribution >= 4 is 10.8 Å². The minimum atomic E-state index is -0.539. The van der Waals surface area contributed by atoms with E-state index in [4.69, 9.17) is 15.0 Å². The molecule has 8 aromatic carbocycles. The van der Waals surface area contributed by atoms with Crippen molar-refractivity contribution < 1.29 is 0 Å². The maximum absolute atomic E-state index is 5.22. The normalized spacial score (nSPS) is 15.9. The fraction of sp³-hybridized carbons (Fsp3) is 0.0755. The van der Waals surface area contributed by atoms with Crippen molar-refractivity contribution in [2.24, 2.45) is 0 Å². The molecule has 264 valence electrons. The zero-order valence-corrected chi connectivity index (χ0v) is 31.2. The summed E-state index contributed by atoms with van der Waals surface area (Å²) in [6.45, 7) is 4.69. The number of rotatable bonds is 5. The summed E-state index contributed by atoms with van der Waals surface area (Å²) < 4.78 is 0. The number of benzene rings is 8. The maximum Gasteiger partial charge on any atom is 0.164 e. The van der Waals surface area contributed by atoms with Gasteiger partial charge in [0.05, 0.1) is 5.41 Å². The van der Waals surface area contributed by atoms with E-state index < -0.39 is 5.41 Å². The van der Waals surface area contributed by atoms with Crippen LogP contribution in [0, 0.1) is 0 Å². The molecule has 1 heterocycles. The minimum Gasteiger partial charge on any atom is -0.208 e. The van der Waals surface area contributed by atoms with Crippen LogP contribution in [0.5, 0.6) is 0 Å². The quantitative estimate of drug-likeness (QED) is 0.178. The van der Waals surface area contributed by atoms with Crippen LogP contribution in [-0.2, 0) is 10.8 Å². The van der Waals surface area contributed by atoms with Crippen LogP contribution < -0.4 is 0 Å². The van der Waals surface area contributed by atoms with E-state index in [9.17, 15) is 0 Å². The zero-order chi connectivity index (χ0) is 37.4. The minimum absolute atomic E-state index is 0.238. The van der Waals surface area contributed by atoms with Crippen molar-refractivity contribution in [3.63, 3.8) is 0 Å². The fourth-order valence-electron chi connectivity index (χ4n) is 9.68. The molecule has 0 radical (unpaired) electrons. The van der Waals surface area contributed by atoms with Crippen LogP contribution in [0.2, 0.25) is 0 Å². The highest BCUT2D eigenvalue weighted by atomic mass is 15.0. The predicted octanol–water partition coefficient (Wildman–Crippen LogP) is 12.7. The molecule has 0 spiro atoms. The van der Waals surface area contributed by atoms with Crippen LogP contribution in [-0.4, -0.2) is 15.0 Å². The molecule has 1 aromatic heterocycles. The average molecular weight is 716 g/mol. The topological polar surface area (TPSA) is 38.7 Å². The Morgan fingerprint density at radius 1 is 0.357 bits per heavy atom. The van der Waals surface area contributed by atoms with E-state index in [1.807, 2.05) is 36.4 Å². The Labute approximate surface area is 327 Å². The van der Waals surface area contributed by atoms with Gasteiger partial charge in [-0.3, -0.25) is 0 Å². The Bertz CT molecular complexity index is 2930. The van der Waals surface area contributed by atoms with Gasteiger partial charge in [-0.05, 0) is 72.5 Å². The molecule has 1 atom stereocenters. The van der Waals surface area contributed by atoms with Crippen molar-refractivity contribution in [1.29, 1.82) is 0 Å². The van der Waals surface area contributed by atoms with Gasteiger partial charge in [-0.2, -0.15) is 0 Å². The second kappa shape index (κ2) is 12.3. The smallest absolute Gasteiger partial charge is 0.164 e. The molecule has 0 saturated carbocycles. The average Bonchev–Trinajstić information content (AvgIpc) is 3.70. The third-order valence-corrected chi connectivity index (χ3v) is 12.2. The highest BCUT2D eigenvalue weighted by Crippen LogP contribution is 2.60. The molecule has 1 unspecified atom stereocenters. The summed E-state index contributed by atoms with van der Waals surface area (Å²) in [7, 11) is 0. The summed E-state index contributed by atoms with van der Waals surface area (Å²) in [4.78, 5) is 15.5. The molecule has 0 saturated heterocycles. The largest absolute Gasteiger partial charge is 0.208 e. The molecular formula is C53H37N3. The summed E-state index contributed by atoms with van der Waals surface area (Å²) in [5, 5.41) is 2.53. The second-order valence-electron chi connectivity index (χ2n) is 15.5. The molecule has 2 aliphatic carbocycles. The molecule has 0 aliphatic heterocycles. The van der Waals surface area contributed by atoms with Crippen LogP contribution in [0.4, 0.5) is 0 Å². The first-order valence-electron chi connectivity index (χ1n) is 19.4. The molecule has 0 amide bonds. The first-order valence-corrected chi connectivity index (χ1v) is 19.4. The lowest BCUT2D eigenvalue weighted by atomic mass is 9.67. The van der Waals surface area contributed by atoms with Gasteiger partial charge in [0.25, 0.3) is 0 Å². The van der Waals surface area contributed by atoms with Crippen LogP contribution >= 0.6 is 0 Å². The van der Waals surface area contributed by atoms with Gasteiger partial charge in [0.2, 0.25) is 0 Å². The van der Waals surface area contributed by atoms with Crippen molar-refractivity contribution in [2.75, 3.05) is 0 Å². The number of aromatic nitrogens is 3. The molecule has 11 rings (SSSR count). The number of hydrogen-bond donors (Lipinski definition) is 0. The Kier molecular flexibility index (Phi) is 7.11. The molecular weight excluding hydrogens is 679 g/mol. The van der Waals surface area contributed by atoms with Crippen molar-refractivity contribution in [3.8, 4) is 56.4 Å². The molecule has 56 heavy (non-hydrogen) atoms. The van der Waals surface area contributed by atoms with Crippen molar-refractivity contribution in [3.05, 3.63) is 221 Å². The standard InChI is InChI=1S/C53H37N3/c1-52(2)43-32-30-38(53(37-22-10-5-11-23-37)44-27-15-14-25-40(44)47-39-24-13-12-17-34(39)29-31-46(47)53)33-42(43)48-41(26-16-28-45(48)52)51-55-49(35-18-6-3-7-19-35)54-50(56-51)36-20-8-4-9-21-36/h3-33H,1-2H3. The van der Waals surface area contributed by atoms with Crippen LogP contribution in [0.1, 0.15) is 47.2 Å². The van der Waals surface area contributed by atoms with Gasteiger partial charge in [0, 0.05) is 22.1 Å². The van der Waals surface area contributed by atoms with E-state index >= 15 is 0 Å². The predicted molar refractivity (Wildman–Crippen MR) is 229 cm³/mol. The summed E-state index contributed by atoms with van der Waals surface area (Å²) in [6, 6.07) is 68.0. The molecule has 3 heteroatoms. The lowest BCUT2D eigenvalue weighted by Crippen LogP contribution is -2.28.